The van der Waals surface area contributed by atoms with E-state index in [1.54, 1.807) is 0 Å². The molecule has 2 bridgehead atoms. The Bertz CT molecular complexity index is 570. The Balaban J connectivity index is 1.60. The molecule has 0 aromatic heterocycles. The number of aliphatic hydroxyl groups is 1. The highest BCUT2D eigenvalue weighted by molar-refractivity contribution is 5.41. The predicted octanol–water partition coefficient (Wildman–Crippen LogP) is 2.73. The molecule has 3 nitrogen and oxygen atoms in total. The maximum Gasteiger partial charge on any atom is 0.0926 e. The number of rotatable bonds is 2. The SMILES string of the molecule is N#CC1(c2ccc(C3(O)CC4CCCC(C3)N4)cc2)CC1. The summed E-state index contributed by atoms with van der Waals surface area (Å²) in [7, 11) is 0. The zero-order chi connectivity index (χ0) is 14.5. The Hall–Kier alpha value is -1.37. The van der Waals surface area contributed by atoms with Crippen LogP contribution in [0.3, 0.4) is 0 Å². The molecule has 110 valence electrons. The fourth-order valence-electron chi connectivity index (χ4n) is 4.26. The number of nitrogens with one attached hydrogen (secondary N) is 1. The molecule has 0 radical (unpaired) electrons. The first-order valence-corrected chi connectivity index (χ1v) is 8.14. The van der Waals surface area contributed by atoms with Gasteiger partial charge in [-0.1, -0.05) is 30.7 Å². The Morgan fingerprint density at radius 2 is 1.62 bits per heavy atom. The standard InChI is InChI=1S/C18H22N2O/c19-12-17(8-9-17)13-4-6-14(7-5-13)18(21)10-15-2-1-3-16(11-18)20-15/h4-7,15-16,20-21H,1-3,8-11H2. The summed E-state index contributed by atoms with van der Waals surface area (Å²) in [5.74, 6) is 0. The average molecular weight is 282 g/mol. The van der Waals surface area contributed by atoms with Gasteiger partial charge in [0.25, 0.3) is 0 Å². The lowest BCUT2D eigenvalue weighted by molar-refractivity contribution is -0.0358. The van der Waals surface area contributed by atoms with Gasteiger partial charge in [0.15, 0.2) is 0 Å². The van der Waals surface area contributed by atoms with Crippen molar-refractivity contribution < 1.29 is 5.11 Å². The van der Waals surface area contributed by atoms with Crippen LogP contribution in [-0.2, 0) is 11.0 Å². The Labute approximate surface area is 126 Å². The molecule has 2 aliphatic heterocycles. The fourth-order valence-corrected chi connectivity index (χ4v) is 4.26. The molecule has 1 saturated carbocycles. The molecule has 21 heavy (non-hydrogen) atoms. The summed E-state index contributed by atoms with van der Waals surface area (Å²) in [5.41, 5.74) is 1.22. The van der Waals surface area contributed by atoms with Crippen molar-refractivity contribution in [2.24, 2.45) is 0 Å². The smallest absolute Gasteiger partial charge is 0.0926 e. The molecular formula is C18H22N2O. The molecule has 0 amide bonds. The van der Waals surface area contributed by atoms with Gasteiger partial charge in [-0.25, -0.2) is 0 Å². The van der Waals surface area contributed by atoms with Gasteiger partial charge in [0, 0.05) is 12.1 Å². The minimum atomic E-state index is -0.692. The van der Waals surface area contributed by atoms with Crippen LogP contribution in [0.5, 0.6) is 0 Å². The first-order valence-electron chi connectivity index (χ1n) is 8.14. The van der Waals surface area contributed by atoms with Crippen LogP contribution in [0.4, 0.5) is 0 Å². The van der Waals surface area contributed by atoms with Crippen LogP contribution in [0.15, 0.2) is 24.3 Å². The molecule has 1 aliphatic carbocycles. The van der Waals surface area contributed by atoms with Crippen molar-refractivity contribution in [3.05, 3.63) is 35.4 Å². The molecule has 2 atom stereocenters. The minimum absolute atomic E-state index is 0.230. The molecule has 3 aliphatic rings. The second kappa shape index (κ2) is 4.56. The van der Waals surface area contributed by atoms with Gasteiger partial charge in [-0.15, -0.1) is 0 Å². The van der Waals surface area contributed by atoms with Crippen molar-refractivity contribution in [3.8, 4) is 6.07 Å². The van der Waals surface area contributed by atoms with Crippen molar-refractivity contribution in [1.29, 1.82) is 5.26 Å². The van der Waals surface area contributed by atoms with Gasteiger partial charge in [-0.3, -0.25) is 0 Å². The monoisotopic (exact) mass is 282 g/mol. The van der Waals surface area contributed by atoms with Crippen LogP contribution in [-0.4, -0.2) is 17.2 Å². The zero-order valence-electron chi connectivity index (χ0n) is 12.3. The van der Waals surface area contributed by atoms with Crippen molar-refractivity contribution in [2.75, 3.05) is 0 Å². The molecule has 2 heterocycles. The molecule has 1 aromatic rings. The molecule has 0 spiro atoms. The number of piperidine rings is 2. The van der Waals surface area contributed by atoms with Crippen LogP contribution in [0, 0.1) is 11.3 Å². The van der Waals surface area contributed by atoms with E-state index in [2.05, 4.69) is 23.5 Å². The maximum atomic E-state index is 11.1. The van der Waals surface area contributed by atoms with E-state index < -0.39 is 5.60 Å². The second-order valence-corrected chi connectivity index (χ2v) is 7.20. The van der Waals surface area contributed by atoms with Crippen molar-refractivity contribution in [2.45, 2.75) is 68.0 Å². The lowest BCUT2D eigenvalue weighted by atomic mass is 9.73. The Morgan fingerprint density at radius 1 is 1.05 bits per heavy atom. The molecule has 4 rings (SSSR count). The summed E-state index contributed by atoms with van der Waals surface area (Å²) in [5, 5.41) is 24.0. The normalized spacial score (nSPS) is 36.8. The van der Waals surface area contributed by atoms with Gasteiger partial charge < -0.3 is 10.4 Å². The third kappa shape index (κ3) is 2.18. The quantitative estimate of drug-likeness (QED) is 0.877. The maximum absolute atomic E-state index is 11.1. The van der Waals surface area contributed by atoms with E-state index in [1.807, 2.05) is 12.1 Å². The van der Waals surface area contributed by atoms with Gasteiger partial charge in [0.2, 0.25) is 0 Å². The average Bonchev–Trinajstić information content (AvgIpc) is 3.28. The predicted molar refractivity (Wildman–Crippen MR) is 80.7 cm³/mol. The van der Waals surface area contributed by atoms with Gasteiger partial charge in [-0.05, 0) is 49.7 Å². The van der Waals surface area contributed by atoms with Crippen LogP contribution in [0.1, 0.15) is 56.1 Å². The number of benzene rings is 1. The lowest BCUT2D eigenvalue weighted by Crippen LogP contribution is -2.54. The summed E-state index contributed by atoms with van der Waals surface area (Å²) in [6, 6.07) is 11.6. The molecule has 2 N–H and O–H groups in total. The van der Waals surface area contributed by atoms with E-state index >= 15 is 0 Å². The van der Waals surface area contributed by atoms with Crippen LogP contribution >= 0.6 is 0 Å². The van der Waals surface area contributed by atoms with E-state index in [9.17, 15) is 10.4 Å². The first kappa shape index (κ1) is 13.3. The van der Waals surface area contributed by atoms with Gasteiger partial charge in [0.05, 0.1) is 17.1 Å². The van der Waals surface area contributed by atoms with Gasteiger partial charge in [-0.2, -0.15) is 5.26 Å². The number of fused-ring (bicyclic) bond motifs is 2. The number of hydrogen-bond acceptors (Lipinski definition) is 3. The summed E-state index contributed by atoms with van der Waals surface area (Å²) in [6.07, 6.45) is 7.20. The lowest BCUT2D eigenvalue weighted by Gasteiger charge is -2.45. The van der Waals surface area contributed by atoms with Crippen LogP contribution in [0.2, 0.25) is 0 Å². The van der Waals surface area contributed by atoms with Crippen molar-refractivity contribution in [3.63, 3.8) is 0 Å². The van der Waals surface area contributed by atoms with E-state index in [-0.39, 0.29) is 5.41 Å². The largest absolute Gasteiger partial charge is 0.385 e. The highest BCUT2D eigenvalue weighted by Crippen LogP contribution is 2.48. The van der Waals surface area contributed by atoms with Crippen molar-refractivity contribution in [1.82, 2.24) is 5.32 Å². The summed E-state index contributed by atoms with van der Waals surface area (Å²) < 4.78 is 0. The van der Waals surface area contributed by atoms with E-state index in [0.717, 1.165) is 36.8 Å². The highest BCUT2D eigenvalue weighted by atomic mass is 16.3. The molecule has 1 aromatic carbocycles. The van der Waals surface area contributed by atoms with Crippen molar-refractivity contribution >= 4 is 0 Å². The summed E-state index contributed by atoms with van der Waals surface area (Å²) >= 11 is 0. The molecule has 2 saturated heterocycles. The fraction of sp³-hybridized carbons (Fsp3) is 0.611. The van der Waals surface area contributed by atoms with Gasteiger partial charge in [0.1, 0.15) is 0 Å². The first-order chi connectivity index (χ1) is 10.1. The zero-order valence-corrected chi connectivity index (χ0v) is 12.3. The molecular weight excluding hydrogens is 260 g/mol. The summed E-state index contributed by atoms with van der Waals surface area (Å²) in [4.78, 5) is 0. The third-order valence-electron chi connectivity index (χ3n) is 5.68. The topological polar surface area (TPSA) is 56.0 Å². The Morgan fingerprint density at radius 3 is 2.14 bits per heavy atom. The van der Waals surface area contributed by atoms with E-state index in [0.29, 0.717) is 12.1 Å². The second-order valence-electron chi connectivity index (χ2n) is 7.20. The molecule has 3 fully saturated rings. The number of nitrogens with zero attached hydrogens (tertiary/aromatic N) is 1. The highest BCUT2D eigenvalue weighted by Gasteiger charge is 2.45. The van der Waals surface area contributed by atoms with Crippen LogP contribution in [0.25, 0.3) is 0 Å². The number of nitriles is 1. The van der Waals surface area contributed by atoms with E-state index in [1.165, 1.54) is 19.3 Å². The van der Waals surface area contributed by atoms with E-state index in [4.69, 9.17) is 0 Å². The Kier molecular flexibility index (Phi) is 2.89. The summed E-state index contributed by atoms with van der Waals surface area (Å²) in [6.45, 7) is 0. The number of hydrogen-bond donors (Lipinski definition) is 2. The van der Waals surface area contributed by atoms with Gasteiger partial charge >= 0.3 is 0 Å². The minimum Gasteiger partial charge on any atom is -0.385 e. The third-order valence-corrected chi connectivity index (χ3v) is 5.68. The molecule has 3 heteroatoms. The van der Waals surface area contributed by atoms with Crippen LogP contribution < -0.4 is 5.32 Å². The molecule has 2 unspecified atom stereocenters.